The number of likely N-dealkylation sites (N-methyl/N-ethyl adjacent to an activating group) is 1. The molecule has 1 aliphatic carbocycles. The van der Waals surface area contributed by atoms with Crippen molar-refractivity contribution >= 4 is 28.9 Å². The third kappa shape index (κ3) is 2.17. The van der Waals surface area contributed by atoms with Crippen LogP contribution in [0.4, 0.5) is 11.4 Å². The van der Waals surface area contributed by atoms with Gasteiger partial charge in [0.1, 0.15) is 6.04 Å². The SMILES string of the molecule is CCNC1C(=O)Nc2cc(N(C)C3CCC3)c(Cl)cc21. The number of hydrogen-bond donors (Lipinski definition) is 2. The second kappa shape index (κ2) is 5.26. The maximum Gasteiger partial charge on any atom is 0.246 e. The van der Waals surface area contributed by atoms with Crippen molar-refractivity contribution in [1.29, 1.82) is 0 Å². The van der Waals surface area contributed by atoms with E-state index in [0.29, 0.717) is 6.04 Å². The van der Waals surface area contributed by atoms with Crippen molar-refractivity contribution in [2.24, 2.45) is 0 Å². The second-order valence-corrected chi connectivity index (χ2v) is 5.97. The lowest BCUT2D eigenvalue weighted by Gasteiger charge is -2.37. The molecule has 0 radical (unpaired) electrons. The predicted octanol–water partition coefficient (Wildman–Crippen LogP) is 2.93. The number of anilines is 2. The minimum absolute atomic E-state index is 0.00126. The number of halogens is 1. The van der Waals surface area contributed by atoms with Gasteiger partial charge < -0.3 is 15.5 Å². The van der Waals surface area contributed by atoms with Gasteiger partial charge in [0.15, 0.2) is 0 Å². The molecule has 3 rings (SSSR count). The first kappa shape index (κ1) is 13.7. The van der Waals surface area contributed by atoms with E-state index in [9.17, 15) is 4.79 Å². The molecular weight excluding hydrogens is 274 g/mol. The molecule has 1 amide bonds. The van der Waals surface area contributed by atoms with Crippen molar-refractivity contribution in [1.82, 2.24) is 5.32 Å². The van der Waals surface area contributed by atoms with Gasteiger partial charge in [-0.25, -0.2) is 0 Å². The van der Waals surface area contributed by atoms with Gasteiger partial charge in [0.25, 0.3) is 0 Å². The lowest BCUT2D eigenvalue weighted by atomic mass is 9.91. The number of carbonyl (C=O) groups is 1. The van der Waals surface area contributed by atoms with Gasteiger partial charge in [0.2, 0.25) is 5.91 Å². The Morgan fingerprint density at radius 3 is 2.80 bits per heavy atom. The Bertz CT molecular complexity index is 542. The quantitative estimate of drug-likeness (QED) is 0.897. The molecule has 2 N–H and O–H groups in total. The van der Waals surface area contributed by atoms with Gasteiger partial charge in [-0.15, -0.1) is 0 Å². The monoisotopic (exact) mass is 293 g/mol. The molecule has 0 spiro atoms. The molecule has 1 aromatic carbocycles. The van der Waals surface area contributed by atoms with Crippen molar-refractivity contribution in [2.45, 2.75) is 38.3 Å². The van der Waals surface area contributed by atoms with E-state index in [1.165, 1.54) is 19.3 Å². The third-order valence-corrected chi connectivity index (χ3v) is 4.66. The second-order valence-electron chi connectivity index (χ2n) is 5.57. The van der Waals surface area contributed by atoms with Crippen LogP contribution < -0.4 is 15.5 Å². The molecule has 4 nitrogen and oxygen atoms in total. The topological polar surface area (TPSA) is 44.4 Å². The summed E-state index contributed by atoms with van der Waals surface area (Å²) in [6.07, 6.45) is 3.73. The number of hydrogen-bond acceptors (Lipinski definition) is 3. The minimum atomic E-state index is -0.282. The van der Waals surface area contributed by atoms with Gasteiger partial charge in [-0.1, -0.05) is 18.5 Å². The Morgan fingerprint density at radius 1 is 1.45 bits per heavy atom. The molecule has 108 valence electrons. The highest BCUT2D eigenvalue weighted by atomic mass is 35.5. The van der Waals surface area contributed by atoms with E-state index in [0.717, 1.165) is 28.5 Å². The van der Waals surface area contributed by atoms with Crippen LogP contribution in [0.15, 0.2) is 12.1 Å². The maximum atomic E-state index is 12.0. The molecule has 1 fully saturated rings. The summed E-state index contributed by atoms with van der Waals surface area (Å²) in [5.74, 6) is 0.00126. The fraction of sp³-hybridized carbons (Fsp3) is 0.533. The summed E-state index contributed by atoms with van der Waals surface area (Å²) in [5.41, 5.74) is 2.84. The van der Waals surface area contributed by atoms with E-state index >= 15 is 0 Å². The number of benzene rings is 1. The van der Waals surface area contributed by atoms with Gasteiger partial charge in [-0.2, -0.15) is 0 Å². The molecule has 1 atom stereocenters. The lowest BCUT2D eigenvalue weighted by molar-refractivity contribution is -0.117. The summed E-state index contributed by atoms with van der Waals surface area (Å²) in [6, 6.07) is 4.22. The zero-order chi connectivity index (χ0) is 14.3. The van der Waals surface area contributed by atoms with Crippen LogP contribution in [0.1, 0.15) is 37.8 Å². The average Bonchev–Trinajstić information content (AvgIpc) is 2.63. The molecule has 1 unspecified atom stereocenters. The number of amides is 1. The summed E-state index contributed by atoms with van der Waals surface area (Å²) < 4.78 is 0. The zero-order valence-corrected chi connectivity index (χ0v) is 12.6. The fourth-order valence-corrected chi connectivity index (χ4v) is 3.22. The van der Waals surface area contributed by atoms with E-state index in [-0.39, 0.29) is 11.9 Å². The molecule has 1 aromatic rings. The summed E-state index contributed by atoms with van der Waals surface area (Å²) in [7, 11) is 2.08. The maximum absolute atomic E-state index is 12.0. The highest BCUT2D eigenvalue weighted by Crippen LogP contribution is 2.40. The highest BCUT2D eigenvalue weighted by molar-refractivity contribution is 6.33. The van der Waals surface area contributed by atoms with Crippen LogP contribution in [0.5, 0.6) is 0 Å². The predicted molar refractivity (Wildman–Crippen MR) is 82.5 cm³/mol. The molecule has 2 aliphatic rings. The Balaban J connectivity index is 1.93. The van der Waals surface area contributed by atoms with Crippen molar-refractivity contribution in [3.8, 4) is 0 Å². The molecular formula is C15H20ClN3O. The number of nitrogens with one attached hydrogen (secondary N) is 2. The van der Waals surface area contributed by atoms with Crippen LogP contribution >= 0.6 is 11.6 Å². The summed E-state index contributed by atoms with van der Waals surface area (Å²) in [4.78, 5) is 14.2. The summed E-state index contributed by atoms with van der Waals surface area (Å²) >= 11 is 6.43. The van der Waals surface area contributed by atoms with E-state index < -0.39 is 0 Å². The molecule has 1 saturated carbocycles. The Kier molecular flexibility index (Phi) is 3.61. The molecule has 20 heavy (non-hydrogen) atoms. The summed E-state index contributed by atoms with van der Waals surface area (Å²) in [6.45, 7) is 2.74. The van der Waals surface area contributed by atoms with Gasteiger partial charge >= 0.3 is 0 Å². The molecule has 1 aliphatic heterocycles. The van der Waals surface area contributed by atoms with Gasteiger partial charge in [0, 0.05) is 24.3 Å². The Hall–Kier alpha value is -1.26. The van der Waals surface area contributed by atoms with Crippen molar-refractivity contribution in [2.75, 3.05) is 23.8 Å². The van der Waals surface area contributed by atoms with Crippen LogP contribution in [0.25, 0.3) is 0 Å². The van der Waals surface area contributed by atoms with Crippen molar-refractivity contribution in [3.63, 3.8) is 0 Å². The van der Waals surface area contributed by atoms with Crippen molar-refractivity contribution in [3.05, 3.63) is 22.7 Å². The summed E-state index contributed by atoms with van der Waals surface area (Å²) in [5, 5.41) is 6.85. The van der Waals surface area contributed by atoms with Crippen LogP contribution in [0.2, 0.25) is 5.02 Å². The molecule has 0 saturated heterocycles. The standard InChI is InChI=1S/C15H20ClN3O/c1-3-17-14-10-7-11(16)13(8-12(10)18-15(14)20)19(2)9-5-4-6-9/h7-9,14,17H,3-6H2,1-2H3,(H,18,20). The minimum Gasteiger partial charge on any atom is -0.370 e. The first-order valence-corrected chi connectivity index (χ1v) is 7.60. The fourth-order valence-electron chi connectivity index (χ4n) is 2.92. The number of carbonyl (C=O) groups excluding carboxylic acids is 1. The van der Waals surface area contributed by atoms with E-state index in [1.807, 2.05) is 19.1 Å². The molecule has 1 heterocycles. The smallest absolute Gasteiger partial charge is 0.246 e. The average molecular weight is 294 g/mol. The van der Waals surface area contributed by atoms with Crippen LogP contribution in [0, 0.1) is 0 Å². The van der Waals surface area contributed by atoms with Gasteiger partial charge in [0.05, 0.1) is 10.7 Å². The number of nitrogens with zero attached hydrogens (tertiary/aromatic N) is 1. The van der Waals surface area contributed by atoms with Crippen molar-refractivity contribution < 1.29 is 4.79 Å². The number of rotatable bonds is 4. The van der Waals surface area contributed by atoms with Gasteiger partial charge in [-0.05, 0) is 37.9 Å². The molecule has 5 heteroatoms. The Labute approximate surface area is 124 Å². The first-order chi connectivity index (χ1) is 9.61. The van der Waals surface area contributed by atoms with E-state index in [4.69, 9.17) is 11.6 Å². The van der Waals surface area contributed by atoms with Crippen LogP contribution in [-0.2, 0) is 4.79 Å². The third-order valence-electron chi connectivity index (χ3n) is 4.36. The normalized spacial score (nSPS) is 21.4. The van der Waals surface area contributed by atoms with E-state index in [2.05, 4.69) is 22.6 Å². The highest BCUT2D eigenvalue weighted by Gasteiger charge is 2.32. The Morgan fingerprint density at radius 2 is 2.20 bits per heavy atom. The zero-order valence-electron chi connectivity index (χ0n) is 11.9. The lowest BCUT2D eigenvalue weighted by Crippen LogP contribution is -2.37. The number of fused-ring (bicyclic) bond motifs is 1. The van der Waals surface area contributed by atoms with Crippen LogP contribution in [-0.4, -0.2) is 25.5 Å². The van der Waals surface area contributed by atoms with Gasteiger partial charge in [-0.3, -0.25) is 4.79 Å². The largest absolute Gasteiger partial charge is 0.370 e. The molecule has 0 aromatic heterocycles. The van der Waals surface area contributed by atoms with E-state index in [1.54, 1.807) is 0 Å². The first-order valence-electron chi connectivity index (χ1n) is 7.22. The molecule has 0 bridgehead atoms. The van der Waals surface area contributed by atoms with Crippen LogP contribution in [0.3, 0.4) is 0 Å².